The van der Waals surface area contributed by atoms with Crippen molar-refractivity contribution in [3.63, 3.8) is 0 Å². The molecular weight excluding hydrogens is 587 g/mol. The second-order valence-corrected chi connectivity index (χ2v) is 9.29. The first kappa shape index (κ1) is 26.5. The number of ether oxygens (including phenoxy) is 3. The van der Waals surface area contributed by atoms with Gasteiger partial charge in [-0.3, -0.25) is 14.9 Å². The highest BCUT2D eigenvalue weighted by Crippen LogP contribution is 2.37. The summed E-state index contributed by atoms with van der Waals surface area (Å²) < 4.78 is 17.4. The van der Waals surface area contributed by atoms with Crippen LogP contribution in [0, 0.1) is 0 Å². The number of benzene rings is 3. The molecular formula is C26H19BrCl2N2O6. The second-order valence-electron chi connectivity index (χ2n) is 7.60. The molecule has 1 aliphatic heterocycles. The fraction of sp³-hybridized carbons (Fsp3) is 0.115. The number of hydrogen-bond donors (Lipinski definition) is 1. The first-order valence-corrected chi connectivity index (χ1v) is 12.4. The molecule has 4 rings (SSSR count). The van der Waals surface area contributed by atoms with E-state index in [1.807, 2.05) is 12.1 Å². The monoisotopic (exact) mass is 604 g/mol. The summed E-state index contributed by atoms with van der Waals surface area (Å²) in [6, 6.07) is 15.6. The third kappa shape index (κ3) is 6.07. The SMILES string of the molecule is COc1cc(/C=C2/C(=O)NC(=O)N(c3ccc(Cl)cc3)C2=O)cc(Br)c1OCCOc1ccccc1Cl. The van der Waals surface area contributed by atoms with E-state index in [9.17, 15) is 14.4 Å². The number of hydrogen-bond acceptors (Lipinski definition) is 6. The van der Waals surface area contributed by atoms with Crippen LogP contribution in [-0.4, -0.2) is 38.2 Å². The number of methoxy groups -OCH3 is 1. The lowest BCUT2D eigenvalue weighted by Crippen LogP contribution is -2.54. The van der Waals surface area contributed by atoms with E-state index in [1.54, 1.807) is 24.3 Å². The standard InChI is InChI=1S/C26H19BrCl2N2O6/c1-35-22-14-15(13-19(27)23(22)37-11-10-36-21-5-3-2-4-20(21)29)12-18-24(32)30-26(34)31(25(18)33)17-8-6-16(28)7-9-17/h2-9,12-14H,10-11H2,1H3,(H,30,32,34)/b18-12-. The van der Waals surface area contributed by atoms with E-state index >= 15 is 0 Å². The number of urea groups is 1. The van der Waals surface area contributed by atoms with Crippen LogP contribution in [0.3, 0.4) is 0 Å². The van der Waals surface area contributed by atoms with Crippen molar-refractivity contribution < 1.29 is 28.6 Å². The Morgan fingerprint density at radius 1 is 0.946 bits per heavy atom. The third-order valence-corrected chi connectivity index (χ3v) is 6.33. The molecule has 11 heteroatoms. The topological polar surface area (TPSA) is 94.2 Å². The molecule has 3 aromatic rings. The summed E-state index contributed by atoms with van der Waals surface area (Å²) >= 11 is 15.4. The molecule has 1 saturated heterocycles. The average Bonchev–Trinajstić information content (AvgIpc) is 2.87. The smallest absolute Gasteiger partial charge is 0.335 e. The number of anilines is 1. The molecule has 0 atom stereocenters. The number of rotatable bonds is 8. The third-order valence-electron chi connectivity index (χ3n) is 5.17. The minimum absolute atomic E-state index is 0.194. The van der Waals surface area contributed by atoms with Crippen molar-refractivity contribution >= 4 is 68.7 Å². The maximum Gasteiger partial charge on any atom is 0.335 e. The molecule has 8 nitrogen and oxygen atoms in total. The molecule has 0 spiro atoms. The van der Waals surface area contributed by atoms with Gasteiger partial charge in [0.2, 0.25) is 0 Å². The number of carbonyl (C=O) groups excluding carboxylic acids is 3. The first-order chi connectivity index (χ1) is 17.8. The Balaban J connectivity index is 1.53. The Morgan fingerprint density at radius 3 is 2.35 bits per heavy atom. The van der Waals surface area contributed by atoms with Crippen LogP contribution in [0.4, 0.5) is 10.5 Å². The Labute approximate surface area is 230 Å². The maximum absolute atomic E-state index is 13.1. The minimum Gasteiger partial charge on any atom is -0.493 e. The lowest BCUT2D eigenvalue weighted by Gasteiger charge is -2.26. The van der Waals surface area contributed by atoms with E-state index < -0.39 is 17.8 Å². The van der Waals surface area contributed by atoms with Crippen molar-refractivity contribution in [2.45, 2.75) is 0 Å². The highest BCUT2D eigenvalue weighted by molar-refractivity contribution is 9.10. The normalized spacial score (nSPS) is 14.5. The molecule has 0 aromatic heterocycles. The number of carbonyl (C=O) groups is 3. The van der Waals surface area contributed by atoms with E-state index in [1.165, 1.54) is 37.5 Å². The molecule has 0 bridgehead atoms. The molecule has 0 saturated carbocycles. The molecule has 1 N–H and O–H groups in total. The van der Waals surface area contributed by atoms with Crippen molar-refractivity contribution in [3.05, 3.63) is 86.3 Å². The molecule has 4 amide bonds. The average molecular weight is 606 g/mol. The van der Waals surface area contributed by atoms with Gasteiger partial charge in [0, 0.05) is 5.02 Å². The van der Waals surface area contributed by atoms with Crippen LogP contribution < -0.4 is 24.4 Å². The highest BCUT2D eigenvalue weighted by atomic mass is 79.9. The van der Waals surface area contributed by atoms with Gasteiger partial charge in [-0.25, -0.2) is 9.69 Å². The van der Waals surface area contributed by atoms with Gasteiger partial charge >= 0.3 is 6.03 Å². The van der Waals surface area contributed by atoms with Crippen LogP contribution in [0.5, 0.6) is 17.2 Å². The summed E-state index contributed by atoms with van der Waals surface area (Å²) in [5, 5.41) is 3.12. The van der Waals surface area contributed by atoms with E-state index in [-0.39, 0.29) is 24.5 Å². The van der Waals surface area contributed by atoms with E-state index in [0.29, 0.717) is 37.3 Å². The van der Waals surface area contributed by atoms with Gasteiger partial charge in [-0.1, -0.05) is 35.3 Å². The van der Waals surface area contributed by atoms with Gasteiger partial charge in [0.15, 0.2) is 11.5 Å². The molecule has 1 fully saturated rings. The summed E-state index contributed by atoms with van der Waals surface area (Å²) in [6.45, 7) is 0.425. The molecule has 37 heavy (non-hydrogen) atoms. The minimum atomic E-state index is -0.851. The van der Waals surface area contributed by atoms with Crippen molar-refractivity contribution in [1.82, 2.24) is 5.32 Å². The molecule has 190 valence electrons. The molecule has 0 unspecified atom stereocenters. The number of amides is 4. The number of nitrogens with one attached hydrogen (secondary N) is 1. The maximum atomic E-state index is 13.1. The lowest BCUT2D eigenvalue weighted by molar-refractivity contribution is -0.122. The summed E-state index contributed by atoms with van der Waals surface area (Å²) in [7, 11) is 1.46. The van der Waals surface area contributed by atoms with E-state index in [2.05, 4.69) is 21.2 Å². The van der Waals surface area contributed by atoms with Crippen molar-refractivity contribution in [2.24, 2.45) is 0 Å². The summed E-state index contributed by atoms with van der Waals surface area (Å²) in [4.78, 5) is 38.9. The molecule has 1 heterocycles. The van der Waals surface area contributed by atoms with Gasteiger partial charge in [-0.2, -0.15) is 0 Å². The van der Waals surface area contributed by atoms with Crippen molar-refractivity contribution in [3.8, 4) is 17.2 Å². The van der Waals surface area contributed by atoms with Gasteiger partial charge in [0.05, 0.1) is 22.3 Å². The van der Waals surface area contributed by atoms with Gasteiger partial charge in [0.1, 0.15) is 24.5 Å². The van der Waals surface area contributed by atoms with E-state index in [4.69, 9.17) is 37.4 Å². The fourth-order valence-corrected chi connectivity index (χ4v) is 4.36. The number of para-hydroxylation sites is 1. The van der Waals surface area contributed by atoms with Crippen LogP contribution in [0.2, 0.25) is 10.0 Å². The number of halogens is 3. The van der Waals surface area contributed by atoms with Crippen LogP contribution in [0.1, 0.15) is 5.56 Å². The Morgan fingerprint density at radius 2 is 1.65 bits per heavy atom. The molecule has 3 aromatic carbocycles. The predicted molar refractivity (Wildman–Crippen MR) is 144 cm³/mol. The summed E-state index contributed by atoms with van der Waals surface area (Å²) in [5.41, 5.74) is 0.504. The van der Waals surface area contributed by atoms with Gasteiger partial charge in [-0.05, 0) is 76.1 Å². The Hall–Kier alpha value is -3.53. The lowest BCUT2D eigenvalue weighted by atomic mass is 10.1. The predicted octanol–water partition coefficient (Wildman–Crippen LogP) is 5.89. The van der Waals surface area contributed by atoms with E-state index in [0.717, 1.165) is 4.90 Å². The zero-order valence-corrected chi connectivity index (χ0v) is 22.4. The molecule has 0 aliphatic carbocycles. The number of nitrogens with zero attached hydrogens (tertiary/aromatic N) is 1. The summed E-state index contributed by atoms with van der Waals surface area (Å²) in [6.07, 6.45) is 1.37. The first-order valence-electron chi connectivity index (χ1n) is 10.8. The molecule has 1 aliphatic rings. The quantitative estimate of drug-likeness (QED) is 0.195. The Kier molecular flexibility index (Phi) is 8.38. The number of imide groups is 2. The zero-order valence-electron chi connectivity index (χ0n) is 19.3. The van der Waals surface area contributed by atoms with Crippen LogP contribution >= 0.6 is 39.1 Å². The van der Waals surface area contributed by atoms with Gasteiger partial charge < -0.3 is 14.2 Å². The number of barbiturate groups is 1. The second kappa shape index (κ2) is 11.7. The van der Waals surface area contributed by atoms with Crippen molar-refractivity contribution in [1.29, 1.82) is 0 Å². The van der Waals surface area contributed by atoms with Crippen molar-refractivity contribution in [2.75, 3.05) is 25.2 Å². The largest absolute Gasteiger partial charge is 0.493 e. The van der Waals surface area contributed by atoms with Crippen LogP contribution in [0.25, 0.3) is 6.08 Å². The van der Waals surface area contributed by atoms with Gasteiger partial charge in [0.25, 0.3) is 11.8 Å². The Bertz CT molecular complexity index is 1390. The summed E-state index contributed by atoms with van der Waals surface area (Å²) in [5.74, 6) is -0.282. The van der Waals surface area contributed by atoms with Crippen LogP contribution in [0.15, 0.2) is 70.7 Å². The van der Waals surface area contributed by atoms with Crippen LogP contribution in [-0.2, 0) is 9.59 Å². The zero-order chi connectivity index (χ0) is 26.5. The molecule has 0 radical (unpaired) electrons. The highest BCUT2D eigenvalue weighted by Gasteiger charge is 2.36. The van der Waals surface area contributed by atoms with Gasteiger partial charge in [-0.15, -0.1) is 0 Å². The fourth-order valence-electron chi connectivity index (χ4n) is 3.47.